The lowest BCUT2D eigenvalue weighted by molar-refractivity contribution is 0.483. The molecule has 0 N–H and O–H groups in total. The van der Waals surface area contributed by atoms with Gasteiger partial charge in [-0.05, 0) is 87.8 Å². The molecule has 2 aromatic heterocycles. The van der Waals surface area contributed by atoms with E-state index < -0.39 is 41.8 Å². The molecule has 1 aliphatic rings. The third-order valence-corrected chi connectivity index (χ3v) is 12.5. The van der Waals surface area contributed by atoms with Crippen LogP contribution in [0.2, 0.25) is 0 Å². The lowest BCUT2D eigenvalue weighted by atomic mass is 9.78. The Morgan fingerprint density at radius 2 is 1.21 bits per heavy atom. The molecule has 0 amide bonds. The summed E-state index contributed by atoms with van der Waals surface area (Å²) in [4.78, 5) is 8.74. The number of benzene rings is 8. The first-order chi connectivity index (χ1) is 37.1. The van der Waals surface area contributed by atoms with Crippen molar-refractivity contribution in [3.63, 3.8) is 0 Å². The van der Waals surface area contributed by atoms with Crippen LogP contribution in [-0.2, 0) is 10.8 Å². The average Bonchev–Trinajstić information content (AvgIpc) is 4.20. The van der Waals surface area contributed by atoms with Gasteiger partial charge >= 0.3 is 0 Å². The molecule has 3 heterocycles. The van der Waals surface area contributed by atoms with Gasteiger partial charge in [0.25, 0.3) is 0 Å². The Morgan fingerprint density at radius 3 is 2.02 bits per heavy atom. The maximum Gasteiger partial charge on any atom is 0.137 e. The number of hydrogen-bond acceptors (Lipinski definition) is 4. The van der Waals surface area contributed by atoms with Gasteiger partial charge in [0, 0.05) is 51.3 Å². The van der Waals surface area contributed by atoms with Crippen molar-refractivity contribution in [1.29, 1.82) is 0 Å². The maximum atomic E-state index is 9.72. The molecule has 5 nitrogen and oxygen atoms in total. The van der Waals surface area contributed by atoms with Crippen molar-refractivity contribution in [3.8, 4) is 39.6 Å². The van der Waals surface area contributed by atoms with E-state index >= 15 is 0 Å². The Kier molecular flexibility index (Phi) is 7.28. The van der Waals surface area contributed by atoms with E-state index in [1.54, 1.807) is 24.3 Å². The molecule has 66 heavy (non-hydrogen) atoms. The smallest absolute Gasteiger partial charge is 0.137 e. The maximum absolute atomic E-state index is 9.72. The molecule has 0 bridgehead atoms. The molecule has 8 aromatic carbocycles. The van der Waals surface area contributed by atoms with Gasteiger partial charge in [-0.15, -0.1) is 0 Å². The molecule has 0 fully saturated rings. The second kappa shape index (κ2) is 16.3. The van der Waals surface area contributed by atoms with Crippen LogP contribution in [0.1, 0.15) is 67.8 Å². The highest BCUT2D eigenvalue weighted by Gasteiger charge is 2.32. The second-order valence-corrected chi connectivity index (χ2v) is 18.0. The van der Waals surface area contributed by atoms with Crippen molar-refractivity contribution in [2.75, 3.05) is 16.5 Å². The van der Waals surface area contributed by atoms with E-state index in [0.717, 1.165) is 39.3 Å². The van der Waals surface area contributed by atoms with Gasteiger partial charge in [-0.3, -0.25) is 4.57 Å². The Labute approximate surface area is 404 Å². The summed E-state index contributed by atoms with van der Waals surface area (Å²) in [5.74, 6) is 0.693. The van der Waals surface area contributed by atoms with Crippen molar-refractivity contribution in [1.82, 2.24) is 9.55 Å². The van der Waals surface area contributed by atoms with Gasteiger partial charge in [0.15, 0.2) is 0 Å². The summed E-state index contributed by atoms with van der Waals surface area (Å²) in [5.41, 5.74) is 6.74. The minimum atomic E-state index is -0.943. The fourth-order valence-electron chi connectivity index (χ4n) is 8.99. The van der Waals surface area contributed by atoms with Crippen LogP contribution in [0.5, 0.6) is 11.5 Å². The first-order valence-corrected chi connectivity index (χ1v) is 21.9. The van der Waals surface area contributed by atoms with E-state index in [4.69, 9.17) is 18.4 Å². The lowest BCUT2D eigenvalue weighted by Gasteiger charge is -2.28. The molecule has 1 aliphatic heterocycles. The Hall–Kier alpha value is -7.89. The van der Waals surface area contributed by atoms with Crippen LogP contribution in [0.15, 0.2) is 212 Å². The minimum Gasteiger partial charge on any atom is -0.457 e. The summed E-state index contributed by atoms with van der Waals surface area (Å²) in [5, 5.41) is 0.637. The predicted octanol–water partition coefficient (Wildman–Crippen LogP) is 16.2. The normalized spacial score (nSPS) is 15.3. The standard InChI is InChI=1S/C61H52N4O/c1-60(2,3)45-24-16-21-43(37-45)51-29-18-28-50(42-19-8-6-9-20-42)59(51)64-41-63(55-31-14-15-32-56(55)64)47-25-17-26-48(39-47)66-49-33-34-53-52-27-12-13-30-54(52)65(57(53)40-49)58-38-46(35-36-62-58)61(4,5)44-22-10-7-11-23-44/h6-40H,41H2,1-5H3/i6D,8D,9D,12D,13D,19D,20D,27D,30D,35D,36D,38D. The highest BCUT2D eigenvalue weighted by molar-refractivity contribution is 6.09. The predicted molar refractivity (Wildman–Crippen MR) is 275 cm³/mol. The van der Waals surface area contributed by atoms with Crippen molar-refractivity contribution in [3.05, 3.63) is 229 Å². The fraction of sp³-hybridized carbons (Fsp3) is 0.131. The Balaban J connectivity index is 1.04. The van der Waals surface area contributed by atoms with Gasteiger partial charge < -0.3 is 14.5 Å². The zero-order valence-corrected chi connectivity index (χ0v) is 37.2. The van der Waals surface area contributed by atoms with E-state index in [1.807, 2.05) is 117 Å². The molecular formula is C61H52N4O. The van der Waals surface area contributed by atoms with Crippen molar-refractivity contribution < 1.29 is 21.2 Å². The number of nitrogens with zero attached hydrogens (tertiary/aromatic N) is 4. The van der Waals surface area contributed by atoms with E-state index in [2.05, 4.69) is 47.7 Å². The molecule has 322 valence electrons. The zero-order chi connectivity index (χ0) is 55.4. The summed E-state index contributed by atoms with van der Waals surface area (Å²) in [7, 11) is 0. The topological polar surface area (TPSA) is 33.5 Å². The first kappa shape index (κ1) is 29.5. The van der Waals surface area contributed by atoms with Crippen LogP contribution in [0.4, 0.5) is 22.7 Å². The Morgan fingerprint density at radius 1 is 0.530 bits per heavy atom. The number of fused-ring (bicyclic) bond motifs is 4. The second-order valence-electron chi connectivity index (χ2n) is 18.0. The average molecular weight is 869 g/mol. The number of anilines is 4. The summed E-state index contributed by atoms with van der Waals surface area (Å²) in [6, 6.07) is 40.0. The molecule has 0 radical (unpaired) electrons. The summed E-state index contributed by atoms with van der Waals surface area (Å²) < 4.78 is 116. The van der Waals surface area contributed by atoms with Gasteiger partial charge in [0.1, 0.15) is 24.0 Å². The van der Waals surface area contributed by atoms with Crippen LogP contribution < -0.4 is 14.5 Å². The molecule has 11 rings (SSSR count). The number of ether oxygens (including phenoxy) is 1. The van der Waals surface area contributed by atoms with Crippen LogP contribution in [0.3, 0.4) is 0 Å². The number of pyridine rings is 1. The van der Waals surface area contributed by atoms with Crippen molar-refractivity contribution >= 4 is 44.6 Å². The molecule has 0 atom stereocenters. The monoisotopic (exact) mass is 868 g/mol. The third-order valence-electron chi connectivity index (χ3n) is 12.5. The number of hydrogen-bond donors (Lipinski definition) is 0. The SMILES string of the molecule is [2H]c1nc(-n2c3cc(Oc4cccc(N5CN(c6c(-c7cccc(C(C)(C)C)c7)cccc6-c6c([2H])c([2H])c([2H])c([2H])c6[2H])c6ccccc65)c4)ccc3c3c([2H])c([2H])c([2H])c([2H])c32)c([2H])c(C(C)(C)c2ccccc2)c1[2H]. The lowest BCUT2D eigenvalue weighted by Crippen LogP contribution is -2.25. The molecule has 0 saturated heterocycles. The quantitative estimate of drug-likeness (QED) is 0.145. The van der Waals surface area contributed by atoms with Crippen LogP contribution in [-0.4, -0.2) is 16.2 Å². The zero-order valence-electron chi connectivity index (χ0n) is 49.2. The summed E-state index contributed by atoms with van der Waals surface area (Å²) >= 11 is 0. The van der Waals surface area contributed by atoms with E-state index in [9.17, 15) is 2.74 Å². The highest BCUT2D eigenvalue weighted by atomic mass is 16.5. The number of rotatable bonds is 9. The number of aromatic nitrogens is 2. The van der Waals surface area contributed by atoms with Gasteiger partial charge in [0.05, 0.1) is 44.5 Å². The highest BCUT2D eigenvalue weighted by Crippen LogP contribution is 2.50. The van der Waals surface area contributed by atoms with E-state index in [1.165, 1.54) is 4.57 Å². The Bertz CT molecular complexity index is 4090. The van der Waals surface area contributed by atoms with E-state index in [0.29, 0.717) is 33.7 Å². The summed E-state index contributed by atoms with van der Waals surface area (Å²) in [6.45, 7) is 10.4. The van der Waals surface area contributed by atoms with Crippen molar-refractivity contribution in [2.24, 2.45) is 0 Å². The van der Waals surface area contributed by atoms with E-state index in [-0.39, 0.29) is 76.2 Å². The largest absolute Gasteiger partial charge is 0.457 e. The summed E-state index contributed by atoms with van der Waals surface area (Å²) in [6.07, 6.45) is -0.398. The van der Waals surface area contributed by atoms with Gasteiger partial charge in [-0.25, -0.2) is 4.98 Å². The molecule has 0 spiro atoms. The molecular weight excluding hydrogens is 805 g/mol. The first-order valence-electron chi connectivity index (χ1n) is 27.9. The third kappa shape index (κ3) is 7.27. The molecule has 0 unspecified atom stereocenters. The van der Waals surface area contributed by atoms with Crippen molar-refractivity contribution in [2.45, 2.75) is 45.4 Å². The van der Waals surface area contributed by atoms with Gasteiger partial charge in [0.2, 0.25) is 0 Å². The van der Waals surface area contributed by atoms with Crippen LogP contribution >= 0.6 is 0 Å². The molecule has 0 aliphatic carbocycles. The van der Waals surface area contributed by atoms with Crippen LogP contribution in [0.25, 0.3) is 49.9 Å². The van der Waals surface area contributed by atoms with Gasteiger partial charge in [-0.2, -0.15) is 0 Å². The minimum absolute atomic E-state index is 0.0622. The van der Waals surface area contributed by atoms with Gasteiger partial charge in [-0.1, -0.05) is 174 Å². The molecule has 10 aromatic rings. The van der Waals surface area contributed by atoms with Crippen LogP contribution in [0, 0.1) is 0 Å². The number of para-hydroxylation sites is 4. The molecule has 0 saturated carbocycles. The molecule has 5 heteroatoms. The fourth-order valence-corrected chi connectivity index (χ4v) is 8.99.